The molecule has 0 bridgehead atoms. The first-order chi connectivity index (χ1) is 14.2. The minimum atomic E-state index is 0.108. The molecular weight excluding hydrogens is 362 g/mol. The molecule has 3 rings (SSSR count). The van der Waals surface area contributed by atoms with Gasteiger partial charge in [-0.2, -0.15) is 0 Å². The van der Waals surface area contributed by atoms with E-state index in [9.17, 15) is 0 Å². The Balaban J connectivity index is 1.69. The minimum absolute atomic E-state index is 0.108. The number of benzene rings is 1. The van der Waals surface area contributed by atoms with E-state index < -0.39 is 0 Å². The molecule has 2 N–H and O–H groups in total. The summed E-state index contributed by atoms with van der Waals surface area (Å²) in [4.78, 5) is 5.04. The van der Waals surface area contributed by atoms with Gasteiger partial charge in [0.15, 0.2) is 5.96 Å². The molecule has 1 heterocycles. The number of nitrogens with zero attached hydrogens (tertiary/aromatic N) is 1. The molecule has 0 atom stereocenters. The van der Waals surface area contributed by atoms with Gasteiger partial charge < -0.3 is 20.1 Å². The molecule has 0 amide bonds. The highest BCUT2D eigenvalue weighted by Crippen LogP contribution is 2.41. The third-order valence-corrected chi connectivity index (χ3v) is 6.85. The molecule has 1 aromatic carbocycles. The van der Waals surface area contributed by atoms with Crippen molar-refractivity contribution in [3.63, 3.8) is 0 Å². The summed E-state index contributed by atoms with van der Waals surface area (Å²) in [6.07, 6.45) is 8.37. The topological polar surface area (TPSA) is 54.9 Å². The van der Waals surface area contributed by atoms with Crippen molar-refractivity contribution in [3.05, 3.63) is 35.9 Å². The molecule has 162 valence electrons. The van der Waals surface area contributed by atoms with Crippen LogP contribution in [0.15, 0.2) is 35.3 Å². The zero-order valence-electron chi connectivity index (χ0n) is 18.3. The van der Waals surface area contributed by atoms with Crippen molar-refractivity contribution in [2.75, 3.05) is 46.6 Å². The molecule has 1 aliphatic heterocycles. The van der Waals surface area contributed by atoms with Gasteiger partial charge in [-0.3, -0.25) is 4.99 Å². The highest BCUT2D eigenvalue weighted by molar-refractivity contribution is 5.79. The van der Waals surface area contributed by atoms with Gasteiger partial charge >= 0.3 is 0 Å². The van der Waals surface area contributed by atoms with Crippen LogP contribution in [0.3, 0.4) is 0 Å². The molecule has 5 heteroatoms. The Morgan fingerprint density at radius 3 is 2.45 bits per heavy atom. The van der Waals surface area contributed by atoms with E-state index in [1.54, 1.807) is 7.11 Å². The zero-order valence-corrected chi connectivity index (χ0v) is 18.3. The van der Waals surface area contributed by atoms with E-state index in [-0.39, 0.29) is 5.41 Å². The number of ether oxygens (including phenoxy) is 2. The second kappa shape index (κ2) is 11.0. The van der Waals surface area contributed by atoms with Crippen LogP contribution in [0.4, 0.5) is 0 Å². The van der Waals surface area contributed by atoms with Crippen molar-refractivity contribution in [2.24, 2.45) is 10.4 Å². The Labute approximate surface area is 176 Å². The molecule has 29 heavy (non-hydrogen) atoms. The van der Waals surface area contributed by atoms with Gasteiger partial charge in [0.25, 0.3) is 0 Å². The van der Waals surface area contributed by atoms with Crippen molar-refractivity contribution < 1.29 is 9.47 Å². The summed E-state index contributed by atoms with van der Waals surface area (Å²) in [5.41, 5.74) is 1.82. The quantitative estimate of drug-likeness (QED) is 0.487. The van der Waals surface area contributed by atoms with E-state index in [4.69, 9.17) is 14.5 Å². The van der Waals surface area contributed by atoms with Crippen LogP contribution in [0.1, 0.15) is 57.4 Å². The van der Waals surface area contributed by atoms with Crippen molar-refractivity contribution in [3.8, 4) is 0 Å². The van der Waals surface area contributed by atoms with Crippen LogP contribution in [0.25, 0.3) is 0 Å². The fourth-order valence-corrected chi connectivity index (χ4v) is 4.89. The smallest absolute Gasteiger partial charge is 0.191 e. The monoisotopic (exact) mass is 401 g/mol. The molecule has 1 saturated heterocycles. The van der Waals surface area contributed by atoms with Gasteiger partial charge in [-0.15, -0.1) is 0 Å². The lowest BCUT2D eigenvalue weighted by Gasteiger charge is -2.38. The summed E-state index contributed by atoms with van der Waals surface area (Å²) in [6.45, 7) is 7.25. The molecule has 2 aliphatic rings. The Kier molecular flexibility index (Phi) is 8.37. The second-order valence-corrected chi connectivity index (χ2v) is 8.76. The number of methoxy groups -OCH3 is 1. The highest BCUT2D eigenvalue weighted by atomic mass is 16.5. The van der Waals surface area contributed by atoms with Crippen molar-refractivity contribution in [2.45, 2.75) is 57.3 Å². The van der Waals surface area contributed by atoms with Gasteiger partial charge in [-0.1, -0.05) is 43.2 Å². The summed E-state index contributed by atoms with van der Waals surface area (Å²) in [6, 6.07) is 10.9. The van der Waals surface area contributed by atoms with Crippen LogP contribution in [-0.2, 0) is 14.9 Å². The van der Waals surface area contributed by atoms with Crippen LogP contribution < -0.4 is 10.6 Å². The second-order valence-electron chi connectivity index (χ2n) is 8.76. The molecule has 1 aromatic rings. The first kappa shape index (κ1) is 22.1. The molecule has 0 unspecified atom stereocenters. The fraction of sp³-hybridized carbons (Fsp3) is 0.708. The molecule has 2 fully saturated rings. The number of nitrogens with one attached hydrogen (secondary N) is 2. The molecular formula is C24H39N3O2. The van der Waals surface area contributed by atoms with E-state index in [0.29, 0.717) is 5.41 Å². The zero-order chi connectivity index (χ0) is 20.4. The Morgan fingerprint density at radius 2 is 1.79 bits per heavy atom. The Hall–Kier alpha value is -1.59. The van der Waals surface area contributed by atoms with Crippen LogP contribution in [-0.4, -0.2) is 52.5 Å². The lowest BCUT2D eigenvalue weighted by molar-refractivity contribution is 0.0513. The first-order valence-electron chi connectivity index (χ1n) is 11.4. The standard InChI is InChI=1S/C24H39N3O2/c1-3-25-22(26-19-23(13-16-28-2)11-7-8-12-23)27-20-24(14-17-29-18-15-24)21-9-5-4-6-10-21/h4-6,9-10H,3,7-8,11-20H2,1-2H3,(H2,25,26,27). The average molecular weight is 402 g/mol. The van der Waals surface area contributed by atoms with Crippen molar-refractivity contribution in [1.29, 1.82) is 0 Å². The summed E-state index contributed by atoms with van der Waals surface area (Å²) in [5.74, 6) is 0.943. The van der Waals surface area contributed by atoms with E-state index in [1.165, 1.54) is 31.2 Å². The van der Waals surface area contributed by atoms with Crippen LogP contribution in [0.2, 0.25) is 0 Å². The number of guanidine groups is 1. The van der Waals surface area contributed by atoms with Crippen LogP contribution in [0.5, 0.6) is 0 Å². The molecule has 5 nitrogen and oxygen atoms in total. The van der Waals surface area contributed by atoms with Gasteiger partial charge in [0.2, 0.25) is 0 Å². The molecule has 1 saturated carbocycles. The average Bonchev–Trinajstić information content (AvgIpc) is 3.25. The van der Waals surface area contributed by atoms with E-state index >= 15 is 0 Å². The lowest BCUT2D eigenvalue weighted by atomic mass is 9.74. The SMILES string of the molecule is CCNC(=NCC1(CCOC)CCCC1)NCC1(c2ccccc2)CCOCC1. The summed E-state index contributed by atoms with van der Waals surface area (Å²) in [7, 11) is 1.80. The van der Waals surface area contributed by atoms with Crippen molar-refractivity contribution >= 4 is 5.96 Å². The minimum Gasteiger partial charge on any atom is -0.385 e. The van der Waals surface area contributed by atoms with Gasteiger partial charge in [0, 0.05) is 52.0 Å². The number of aliphatic imine (C=N–C) groups is 1. The van der Waals surface area contributed by atoms with Gasteiger partial charge in [-0.05, 0) is 50.0 Å². The fourth-order valence-electron chi connectivity index (χ4n) is 4.89. The number of rotatable bonds is 9. The van der Waals surface area contributed by atoms with E-state index in [0.717, 1.165) is 64.7 Å². The summed E-state index contributed by atoms with van der Waals surface area (Å²) >= 11 is 0. The summed E-state index contributed by atoms with van der Waals surface area (Å²) in [5, 5.41) is 7.14. The van der Waals surface area contributed by atoms with Gasteiger partial charge in [0.1, 0.15) is 0 Å². The third-order valence-electron chi connectivity index (χ3n) is 6.85. The predicted octanol–water partition coefficient (Wildman–Crippen LogP) is 3.89. The Bertz CT molecular complexity index is 620. The van der Waals surface area contributed by atoms with E-state index in [2.05, 4.69) is 47.9 Å². The lowest BCUT2D eigenvalue weighted by Crippen LogP contribution is -2.48. The van der Waals surface area contributed by atoms with Gasteiger partial charge in [0.05, 0.1) is 0 Å². The van der Waals surface area contributed by atoms with Crippen LogP contribution >= 0.6 is 0 Å². The maximum absolute atomic E-state index is 5.68. The van der Waals surface area contributed by atoms with Gasteiger partial charge in [-0.25, -0.2) is 0 Å². The molecule has 0 aromatic heterocycles. The first-order valence-corrected chi connectivity index (χ1v) is 11.4. The third kappa shape index (κ3) is 5.95. The van der Waals surface area contributed by atoms with Crippen molar-refractivity contribution in [1.82, 2.24) is 10.6 Å². The maximum atomic E-state index is 5.68. The van der Waals surface area contributed by atoms with Crippen LogP contribution in [0, 0.1) is 5.41 Å². The number of hydrogen-bond donors (Lipinski definition) is 2. The summed E-state index contributed by atoms with van der Waals surface area (Å²) < 4.78 is 11.1. The molecule has 0 spiro atoms. The largest absolute Gasteiger partial charge is 0.385 e. The maximum Gasteiger partial charge on any atom is 0.191 e. The predicted molar refractivity (Wildman–Crippen MR) is 120 cm³/mol. The molecule has 0 radical (unpaired) electrons. The molecule has 1 aliphatic carbocycles. The van der Waals surface area contributed by atoms with E-state index in [1.807, 2.05) is 0 Å². The number of hydrogen-bond acceptors (Lipinski definition) is 3. The highest BCUT2D eigenvalue weighted by Gasteiger charge is 2.35. The Morgan fingerprint density at radius 1 is 1.07 bits per heavy atom. The normalized spacial score (nSPS) is 21.1.